The number of carbonyl (C=O) groups is 1. The summed E-state index contributed by atoms with van der Waals surface area (Å²) in [5.41, 5.74) is 3.27. The van der Waals surface area contributed by atoms with E-state index >= 15 is 0 Å². The number of aliphatic carboxylic acids is 1. The summed E-state index contributed by atoms with van der Waals surface area (Å²) in [5, 5.41) is 7.89. The maximum Gasteiger partial charge on any atom is 0.330 e. The van der Waals surface area contributed by atoms with Crippen molar-refractivity contribution in [2.45, 2.75) is 19.8 Å². The minimum Gasteiger partial charge on any atom is -0.478 e. The Morgan fingerprint density at radius 3 is 1.79 bits per heavy atom. The summed E-state index contributed by atoms with van der Waals surface area (Å²) in [6, 6.07) is 8.63. The van der Waals surface area contributed by atoms with Crippen LogP contribution in [0, 0.1) is 0 Å². The van der Waals surface area contributed by atoms with Gasteiger partial charge in [0.1, 0.15) is 0 Å². The topological polar surface area (TPSA) is 37.3 Å². The molecule has 0 atom stereocenters. The monoisotopic (exact) mass is 190 g/mol. The van der Waals surface area contributed by atoms with E-state index in [1.165, 1.54) is 19.8 Å². The van der Waals surface area contributed by atoms with Crippen LogP contribution in [0.5, 0.6) is 0 Å². The van der Waals surface area contributed by atoms with Gasteiger partial charge in [-0.05, 0) is 30.9 Å². The van der Waals surface area contributed by atoms with Crippen molar-refractivity contribution in [1.29, 1.82) is 0 Å². The largest absolute Gasteiger partial charge is 0.478 e. The van der Waals surface area contributed by atoms with Gasteiger partial charge in [-0.15, -0.1) is 0 Å². The van der Waals surface area contributed by atoms with Gasteiger partial charge in [0.25, 0.3) is 0 Å². The van der Waals surface area contributed by atoms with Gasteiger partial charge in [-0.25, -0.2) is 4.79 Å². The number of carboxylic acid groups (broad SMARTS) is 1. The van der Waals surface area contributed by atoms with E-state index in [1.54, 1.807) is 11.1 Å². The van der Waals surface area contributed by atoms with Crippen LogP contribution in [0.2, 0.25) is 0 Å². The molecule has 0 amide bonds. The first-order valence-electron chi connectivity index (χ1n) is 4.57. The third kappa shape index (κ3) is 2.73. The molecule has 0 radical (unpaired) electrons. The molecule has 0 bridgehead atoms. The molecule has 2 nitrogen and oxygen atoms in total. The molecule has 1 aliphatic rings. The molecule has 1 aromatic rings. The van der Waals surface area contributed by atoms with E-state index in [0.717, 1.165) is 0 Å². The van der Waals surface area contributed by atoms with Crippen molar-refractivity contribution in [1.82, 2.24) is 0 Å². The predicted octanol–water partition coefficient (Wildman–Crippen LogP) is 2.43. The normalized spacial score (nSPS) is 11.5. The van der Waals surface area contributed by atoms with Crippen LogP contribution >= 0.6 is 0 Å². The molecule has 1 aliphatic carbocycles. The fourth-order valence-corrected chi connectivity index (χ4v) is 1.14. The van der Waals surface area contributed by atoms with Crippen molar-refractivity contribution in [3.05, 3.63) is 47.5 Å². The lowest BCUT2D eigenvalue weighted by molar-refractivity contribution is -0.132. The minimum atomic E-state index is -0.935. The summed E-state index contributed by atoms with van der Waals surface area (Å²) >= 11 is 0. The fourth-order valence-electron chi connectivity index (χ4n) is 1.14. The van der Waals surface area contributed by atoms with Gasteiger partial charge >= 0.3 is 5.97 Å². The summed E-state index contributed by atoms with van der Waals surface area (Å²) in [4.78, 5) is 9.60. The second-order valence-corrected chi connectivity index (χ2v) is 3.35. The van der Waals surface area contributed by atoms with Gasteiger partial charge in [-0.1, -0.05) is 30.8 Å². The molecule has 74 valence electrons. The van der Waals surface area contributed by atoms with Gasteiger partial charge in [-0.3, -0.25) is 0 Å². The average Bonchev–Trinajstić information content (AvgIpc) is 2.08. The number of hydrogen-bond acceptors (Lipinski definition) is 1. The quantitative estimate of drug-likeness (QED) is 0.690. The Labute approximate surface area is 83.9 Å². The molecule has 1 aromatic carbocycles. The van der Waals surface area contributed by atoms with E-state index in [-0.39, 0.29) is 5.57 Å². The first-order chi connectivity index (χ1) is 6.61. The van der Waals surface area contributed by atoms with Gasteiger partial charge in [0.05, 0.1) is 0 Å². The summed E-state index contributed by atoms with van der Waals surface area (Å²) in [5.74, 6) is -0.935. The molecule has 14 heavy (non-hydrogen) atoms. The van der Waals surface area contributed by atoms with E-state index in [0.29, 0.717) is 0 Å². The van der Waals surface area contributed by atoms with E-state index in [2.05, 4.69) is 30.8 Å². The first-order valence-corrected chi connectivity index (χ1v) is 4.57. The average molecular weight is 190 g/mol. The first kappa shape index (κ1) is 10.5. The van der Waals surface area contributed by atoms with Crippen LogP contribution in [0.15, 0.2) is 36.4 Å². The molecule has 0 aromatic heterocycles. The molecule has 0 saturated heterocycles. The number of aryl methyl sites for hydroxylation is 2. The lowest BCUT2D eigenvalue weighted by Crippen LogP contribution is -2.06. The van der Waals surface area contributed by atoms with Crippen LogP contribution in [0.1, 0.15) is 18.1 Å². The zero-order valence-electron chi connectivity index (χ0n) is 8.29. The highest BCUT2D eigenvalue weighted by Crippen LogP contribution is 2.20. The van der Waals surface area contributed by atoms with E-state index in [1.807, 2.05) is 0 Å². The van der Waals surface area contributed by atoms with E-state index < -0.39 is 5.97 Å². The molecular formula is C12H14O2. The van der Waals surface area contributed by atoms with Crippen molar-refractivity contribution in [2.24, 2.45) is 0 Å². The zero-order chi connectivity index (χ0) is 10.6. The van der Waals surface area contributed by atoms with Crippen molar-refractivity contribution in [2.75, 3.05) is 0 Å². The molecule has 2 rings (SSSR count). The van der Waals surface area contributed by atoms with Gasteiger partial charge in [0.2, 0.25) is 0 Å². The number of hydrogen-bond donors (Lipinski definition) is 1. The second kappa shape index (κ2) is 4.61. The lowest BCUT2D eigenvalue weighted by atomic mass is 9.89. The molecule has 0 aliphatic heterocycles. The van der Waals surface area contributed by atoms with Crippen LogP contribution in [0.25, 0.3) is 0 Å². The molecule has 1 N–H and O–H groups in total. The summed E-state index contributed by atoms with van der Waals surface area (Å²) < 4.78 is 0. The number of benzene rings is 1. The van der Waals surface area contributed by atoms with Gasteiger partial charge < -0.3 is 5.11 Å². The predicted molar refractivity (Wildman–Crippen MR) is 56.3 cm³/mol. The minimum absolute atomic E-state index is 0.176. The Kier molecular flexibility index (Phi) is 3.46. The molecule has 0 fully saturated rings. The highest BCUT2D eigenvalue weighted by molar-refractivity contribution is 5.84. The van der Waals surface area contributed by atoms with Crippen molar-refractivity contribution in [3.63, 3.8) is 0 Å². The van der Waals surface area contributed by atoms with Crippen molar-refractivity contribution in [3.8, 4) is 0 Å². The van der Waals surface area contributed by atoms with Crippen molar-refractivity contribution < 1.29 is 9.90 Å². The number of carboxylic acids is 1. The number of rotatable bonds is 1. The fraction of sp³-hybridized carbons (Fsp3) is 0.250. The molecule has 2 heteroatoms. The van der Waals surface area contributed by atoms with Crippen LogP contribution in [0.3, 0.4) is 0 Å². The summed E-state index contributed by atoms with van der Waals surface area (Å²) in [6.45, 7) is 4.60. The Morgan fingerprint density at radius 1 is 1.29 bits per heavy atom. The van der Waals surface area contributed by atoms with Crippen molar-refractivity contribution >= 4 is 5.97 Å². The molecule has 0 spiro atoms. The second-order valence-electron chi connectivity index (χ2n) is 3.35. The highest BCUT2D eigenvalue weighted by Gasteiger charge is 2.09. The highest BCUT2D eigenvalue weighted by atomic mass is 16.4. The van der Waals surface area contributed by atoms with Crippen LogP contribution < -0.4 is 0 Å². The van der Waals surface area contributed by atoms with E-state index in [4.69, 9.17) is 5.11 Å². The third-order valence-corrected chi connectivity index (χ3v) is 2.15. The summed E-state index contributed by atoms with van der Waals surface area (Å²) in [7, 11) is 0. The Balaban J connectivity index is 0.000000149. The molecule has 0 unspecified atom stereocenters. The van der Waals surface area contributed by atoms with E-state index in [9.17, 15) is 4.79 Å². The lowest BCUT2D eigenvalue weighted by Gasteiger charge is -2.16. The van der Waals surface area contributed by atoms with Crippen LogP contribution in [-0.2, 0) is 17.6 Å². The Bertz CT molecular complexity index is 318. The molecule has 0 heterocycles. The molecular weight excluding hydrogens is 176 g/mol. The maximum absolute atomic E-state index is 9.60. The van der Waals surface area contributed by atoms with Gasteiger partial charge in [0, 0.05) is 5.57 Å². The summed E-state index contributed by atoms with van der Waals surface area (Å²) in [6.07, 6.45) is 2.60. The number of fused-ring (bicyclic) bond motifs is 1. The van der Waals surface area contributed by atoms with Gasteiger partial charge in [0.15, 0.2) is 0 Å². The smallest absolute Gasteiger partial charge is 0.330 e. The SMILES string of the molecule is C=C(C)C(=O)O.c1ccc2c(c1)CC2. The third-order valence-electron chi connectivity index (χ3n) is 2.15. The standard InChI is InChI=1S/C8H8.C4H6O2/c1-2-4-8-6-5-7(8)3-1;1-3(2)4(5)6/h1-4H,5-6H2;1H2,2H3,(H,5,6). The zero-order valence-corrected chi connectivity index (χ0v) is 8.29. The Morgan fingerprint density at radius 2 is 1.64 bits per heavy atom. The Hall–Kier alpha value is -1.57. The molecule has 0 saturated carbocycles. The van der Waals surface area contributed by atoms with Crippen LogP contribution in [0.4, 0.5) is 0 Å². The maximum atomic E-state index is 9.60. The van der Waals surface area contributed by atoms with Gasteiger partial charge in [-0.2, -0.15) is 0 Å². The van der Waals surface area contributed by atoms with Crippen LogP contribution in [-0.4, -0.2) is 11.1 Å².